The summed E-state index contributed by atoms with van der Waals surface area (Å²) in [6, 6.07) is 8.02. The van der Waals surface area contributed by atoms with Crippen LogP contribution in [0.25, 0.3) is 27.8 Å². The van der Waals surface area contributed by atoms with Gasteiger partial charge >= 0.3 is 0 Å². The molecule has 3 aromatic heterocycles. The van der Waals surface area contributed by atoms with Gasteiger partial charge in [0.2, 0.25) is 0 Å². The second kappa shape index (κ2) is 8.36. The summed E-state index contributed by atoms with van der Waals surface area (Å²) in [5, 5.41) is 8.67. The molecule has 0 unspecified atom stereocenters. The van der Waals surface area contributed by atoms with Gasteiger partial charge in [-0.25, -0.2) is 14.5 Å². The van der Waals surface area contributed by atoms with Crippen molar-refractivity contribution < 1.29 is 0 Å². The predicted octanol–water partition coefficient (Wildman–Crippen LogP) is 3.67. The highest BCUT2D eigenvalue weighted by molar-refractivity contribution is 5.83. The van der Waals surface area contributed by atoms with Crippen LogP contribution < -0.4 is 10.9 Å². The van der Waals surface area contributed by atoms with Crippen LogP contribution >= 0.6 is 0 Å². The van der Waals surface area contributed by atoms with Crippen molar-refractivity contribution in [2.24, 2.45) is 0 Å². The van der Waals surface area contributed by atoms with Crippen LogP contribution in [0.5, 0.6) is 0 Å². The fourth-order valence-corrected chi connectivity index (χ4v) is 4.03. The van der Waals surface area contributed by atoms with Gasteiger partial charge < -0.3 is 5.32 Å². The van der Waals surface area contributed by atoms with Crippen molar-refractivity contribution in [1.82, 2.24) is 29.5 Å². The Kier molecular flexibility index (Phi) is 5.63. The molecular formula is C23H28N6O. The summed E-state index contributed by atoms with van der Waals surface area (Å²) < 4.78 is 3.61. The molecule has 0 aliphatic carbocycles. The zero-order valence-electron chi connectivity index (χ0n) is 18.0. The van der Waals surface area contributed by atoms with Gasteiger partial charge in [0.05, 0.1) is 34.8 Å². The first-order valence-corrected chi connectivity index (χ1v) is 10.7. The van der Waals surface area contributed by atoms with E-state index in [1.54, 1.807) is 10.9 Å². The summed E-state index contributed by atoms with van der Waals surface area (Å²) in [7, 11) is 0. The summed E-state index contributed by atoms with van der Waals surface area (Å²) in [6.07, 6.45) is 5.53. The highest BCUT2D eigenvalue weighted by atomic mass is 16.1. The number of imidazole rings is 1. The van der Waals surface area contributed by atoms with E-state index >= 15 is 0 Å². The van der Waals surface area contributed by atoms with Crippen molar-refractivity contribution in [2.45, 2.75) is 46.6 Å². The van der Waals surface area contributed by atoms with Crippen LogP contribution in [-0.2, 0) is 0 Å². The van der Waals surface area contributed by atoms with Gasteiger partial charge in [-0.3, -0.25) is 9.36 Å². The number of nitrogens with zero attached hydrogens (tertiary/aromatic N) is 5. The smallest absolute Gasteiger partial charge is 0.261 e. The second-order valence-electron chi connectivity index (χ2n) is 7.53. The molecule has 1 aromatic carbocycles. The Hall–Kier alpha value is -3.06. The lowest BCUT2D eigenvalue weighted by molar-refractivity contribution is 0.359. The monoisotopic (exact) mass is 404 g/mol. The molecule has 0 saturated carbocycles. The van der Waals surface area contributed by atoms with Crippen molar-refractivity contribution in [1.29, 1.82) is 0 Å². The minimum Gasteiger partial charge on any atom is -0.317 e. The highest BCUT2D eigenvalue weighted by Gasteiger charge is 2.17. The van der Waals surface area contributed by atoms with Gasteiger partial charge in [0, 0.05) is 11.6 Å². The first kappa shape index (κ1) is 20.2. The normalized spacial score (nSPS) is 14.7. The van der Waals surface area contributed by atoms with Gasteiger partial charge in [0.1, 0.15) is 0 Å². The minimum atomic E-state index is 0.0354. The Morgan fingerprint density at radius 2 is 1.87 bits per heavy atom. The number of aryl methyl sites for hydroxylation is 2. The van der Waals surface area contributed by atoms with Gasteiger partial charge in [-0.2, -0.15) is 5.10 Å². The molecule has 0 bridgehead atoms. The van der Waals surface area contributed by atoms with Gasteiger partial charge in [-0.15, -0.1) is 0 Å². The molecule has 1 aliphatic heterocycles. The Bertz CT molecular complexity index is 1250. The van der Waals surface area contributed by atoms with Gasteiger partial charge in [-0.1, -0.05) is 19.9 Å². The van der Waals surface area contributed by atoms with Gasteiger partial charge in [0.25, 0.3) is 5.56 Å². The van der Waals surface area contributed by atoms with Crippen LogP contribution in [0.1, 0.15) is 44.0 Å². The average Bonchev–Trinajstić information content (AvgIpc) is 3.17. The molecule has 0 amide bonds. The minimum absolute atomic E-state index is 0.0354. The van der Waals surface area contributed by atoms with Crippen LogP contribution in [0.4, 0.5) is 0 Å². The Balaban J connectivity index is 0.00000106. The summed E-state index contributed by atoms with van der Waals surface area (Å²) >= 11 is 0. The first-order chi connectivity index (χ1) is 14.6. The Morgan fingerprint density at radius 1 is 1.10 bits per heavy atom. The number of hydrogen-bond donors (Lipinski definition) is 1. The number of benzene rings is 1. The van der Waals surface area contributed by atoms with E-state index in [1.165, 1.54) is 0 Å². The molecule has 0 atom stereocenters. The molecule has 30 heavy (non-hydrogen) atoms. The molecule has 1 fully saturated rings. The largest absolute Gasteiger partial charge is 0.317 e. The third-order valence-corrected chi connectivity index (χ3v) is 5.51. The summed E-state index contributed by atoms with van der Waals surface area (Å²) in [5.41, 5.74) is 5.38. The van der Waals surface area contributed by atoms with Crippen LogP contribution in [0, 0.1) is 13.8 Å². The molecule has 4 aromatic rings. The maximum atomic E-state index is 13.0. The maximum absolute atomic E-state index is 13.0. The molecule has 1 N–H and O–H groups in total. The van der Waals surface area contributed by atoms with E-state index in [-0.39, 0.29) is 11.6 Å². The van der Waals surface area contributed by atoms with E-state index in [1.807, 2.05) is 62.7 Å². The van der Waals surface area contributed by atoms with Crippen molar-refractivity contribution in [2.75, 3.05) is 13.1 Å². The number of piperidine rings is 1. The first-order valence-electron chi connectivity index (χ1n) is 10.7. The third kappa shape index (κ3) is 3.61. The molecule has 5 rings (SSSR count). The Morgan fingerprint density at radius 3 is 2.63 bits per heavy atom. The predicted molar refractivity (Wildman–Crippen MR) is 120 cm³/mol. The highest BCUT2D eigenvalue weighted by Crippen LogP contribution is 2.24. The molecule has 1 aliphatic rings. The lowest BCUT2D eigenvalue weighted by atomic mass is 10.1. The van der Waals surface area contributed by atoms with E-state index in [0.29, 0.717) is 10.9 Å². The van der Waals surface area contributed by atoms with E-state index in [4.69, 9.17) is 0 Å². The molecule has 4 heterocycles. The molecule has 7 heteroatoms. The van der Waals surface area contributed by atoms with Gasteiger partial charge in [0.15, 0.2) is 5.65 Å². The van der Waals surface area contributed by atoms with E-state index < -0.39 is 0 Å². The number of fused-ring (bicyclic) bond motifs is 2. The zero-order valence-corrected chi connectivity index (χ0v) is 18.0. The number of hydrogen-bond acceptors (Lipinski definition) is 5. The van der Waals surface area contributed by atoms with Crippen molar-refractivity contribution in [3.63, 3.8) is 0 Å². The lowest BCUT2D eigenvalue weighted by Crippen LogP contribution is -2.34. The van der Waals surface area contributed by atoms with Gasteiger partial charge in [-0.05, 0) is 63.5 Å². The summed E-state index contributed by atoms with van der Waals surface area (Å²) in [5.74, 6) is 0. The third-order valence-electron chi connectivity index (χ3n) is 5.51. The van der Waals surface area contributed by atoms with Crippen LogP contribution in [0.2, 0.25) is 0 Å². The number of aromatic nitrogens is 5. The summed E-state index contributed by atoms with van der Waals surface area (Å²) in [6.45, 7) is 9.87. The van der Waals surface area contributed by atoms with Crippen LogP contribution in [0.15, 0.2) is 41.6 Å². The molecule has 7 nitrogen and oxygen atoms in total. The fraction of sp³-hybridized carbons (Fsp3) is 0.391. The molecule has 0 radical (unpaired) electrons. The quantitative estimate of drug-likeness (QED) is 0.552. The molecule has 156 valence electrons. The average molecular weight is 405 g/mol. The lowest BCUT2D eigenvalue weighted by Gasteiger charge is -2.24. The SMILES string of the molecule is CC.Cc1cn2nc(-c3ccc4c(=O)n(C5CCNCC5)cnc4c3)cc(C)c2n1. The zero-order chi connectivity index (χ0) is 21.3. The number of nitrogens with one attached hydrogen (secondary N) is 1. The van der Waals surface area contributed by atoms with E-state index in [9.17, 15) is 4.79 Å². The van der Waals surface area contributed by atoms with Crippen molar-refractivity contribution in [3.05, 3.63) is 58.4 Å². The van der Waals surface area contributed by atoms with E-state index in [0.717, 1.165) is 54.1 Å². The molecule has 1 saturated heterocycles. The van der Waals surface area contributed by atoms with Crippen molar-refractivity contribution in [3.8, 4) is 11.3 Å². The van der Waals surface area contributed by atoms with Crippen molar-refractivity contribution >= 4 is 16.6 Å². The van der Waals surface area contributed by atoms with Crippen LogP contribution in [-0.4, -0.2) is 37.2 Å². The standard InChI is InChI=1S/C21H22N6O.C2H6/c1-13-9-18(25-27-11-14(2)24-20(13)27)15-3-4-17-19(10-15)23-12-26(21(17)28)16-5-7-22-8-6-16;1-2/h3-4,9-12,16,22H,5-8H2,1-2H3;1-2H3. The summed E-state index contributed by atoms with van der Waals surface area (Å²) in [4.78, 5) is 22.1. The molecular weight excluding hydrogens is 376 g/mol. The maximum Gasteiger partial charge on any atom is 0.261 e. The molecule has 0 spiro atoms. The number of rotatable bonds is 2. The van der Waals surface area contributed by atoms with E-state index in [2.05, 4.69) is 20.4 Å². The van der Waals surface area contributed by atoms with Crippen LogP contribution in [0.3, 0.4) is 0 Å². The second-order valence-corrected chi connectivity index (χ2v) is 7.53. The fourth-order valence-electron chi connectivity index (χ4n) is 4.03. The Labute approximate surface area is 175 Å². The topological polar surface area (TPSA) is 77.1 Å².